The van der Waals surface area contributed by atoms with Crippen molar-refractivity contribution in [3.05, 3.63) is 89.8 Å². The molecule has 3 aromatic carbocycles. The number of methoxy groups -OCH3 is 1. The summed E-state index contributed by atoms with van der Waals surface area (Å²) in [7, 11) is 1.53. The molecular formula is C26H19BrClIN2O5S. The van der Waals surface area contributed by atoms with Gasteiger partial charge >= 0.3 is 0 Å². The predicted molar refractivity (Wildman–Crippen MR) is 157 cm³/mol. The molecule has 190 valence electrons. The summed E-state index contributed by atoms with van der Waals surface area (Å²) in [4.78, 5) is 39.0. The Hall–Kier alpha value is -2.54. The molecule has 11 heteroatoms. The minimum absolute atomic E-state index is 0.217. The highest BCUT2D eigenvalue weighted by molar-refractivity contribution is 14.1. The number of carbonyl (C=O) groups excluding carboxylic acids is 3. The number of benzene rings is 3. The fourth-order valence-corrected chi connectivity index (χ4v) is 5.37. The van der Waals surface area contributed by atoms with E-state index in [4.69, 9.17) is 21.1 Å². The van der Waals surface area contributed by atoms with E-state index >= 15 is 0 Å². The van der Waals surface area contributed by atoms with Crippen LogP contribution in [-0.4, -0.2) is 35.6 Å². The fraction of sp³-hybridized carbons (Fsp3) is 0.115. The van der Waals surface area contributed by atoms with Gasteiger partial charge in [0.25, 0.3) is 11.1 Å². The number of halogens is 3. The number of hydrogen-bond donors (Lipinski definition) is 1. The van der Waals surface area contributed by atoms with Gasteiger partial charge < -0.3 is 14.8 Å². The second-order valence-electron chi connectivity index (χ2n) is 7.77. The van der Waals surface area contributed by atoms with Crippen LogP contribution in [0.15, 0.2) is 70.0 Å². The first-order chi connectivity index (χ1) is 17.7. The second-order valence-corrected chi connectivity index (χ2v) is 11.3. The van der Waals surface area contributed by atoms with Crippen LogP contribution in [0.2, 0.25) is 5.02 Å². The van der Waals surface area contributed by atoms with E-state index in [1.807, 2.05) is 18.2 Å². The van der Waals surface area contributed by atoms with Crippen molar-refractivity contribution in [3.63, 3.8) is 0 Å². The van der Waals surface area contributed by atoms with Crippen molar-refractivity contribution in [1.29, 1.82) is 0 Å². The highest BCUT2D eigenvalue weighted by Gasteiger charge is 2.36. The van der Waals surface area contributed by atoms with Crippen molar-refractivity contribution in [3.8, 4) is 11.5 Å². The molecule has 0 atom stereocenters. The maximum atomic E-state index is 12.9. The molecule has 7 nitrogen and oxygen atoms in total. The lowest BCUT2D eigenvalue weighted by atomic mass is 10.1. The van der Waals surface area contributed by atoms with E-state index in [0.29, 0.717) is 34.4 Å². The average Bonchev–Trinajstić information content (AvgIpc) is 3.12. The average molecular weight is 714 g/mol. The third-order valence-electron chi connectivity index (χ3n) is 5.15. The molecule has 0 bridgehead atoms. The topological polar surface area (TPSA) is 84.9 Å². The third-order valence-corrected chi connectivity index (χ3v) is 7.64. The van der Waals surface area contributed by atoms with Crippen molar-refractivity contribution in [1.82, 2.24) is 4.90 Å². The first-order valence-corrected chi connectivity index (χ1v) is 13.9. The molecular weight excluding hydrogens is 695 g/mol. The van der Waals surface area contributed by atoms with E-state index in [0.717, 1.165) is 30.3 Å². The molecule has 1 fully saturated rings. The molecule has 1 aliphatic rings. The Morgan fingerprint density at radius 3 is 2.51 bits per heavy atom. The predicted octanol–water partition coefficient (Wildman–Crippen LogP) is 6.97. The zero-order valence-corrected chi connectivity index (χ0v) is 24.6. The van der Waals surface area contributed by atoms with Crippen molar-refractivity contribution < 1.29 is 23.9 Å². The molecule has 0 radical (unpaired) electrons. The molecule has 0 aromatic heterocycles. The molecule has 0 aliphatic carbocycles. The Morgan fingerprint density at radius 2 is 1.84 bits per heavy atom. The van der Waals surface area contributed by atoms with Gasteiger partial charge in [0.05, 0.1) is 15.6 Å². The molecule has 0 spiro atoms. The van der Waals surface area contributed by atoms with Crippen LogP contribution in [0.3, 0.4) is 0 Å². The van der Waals surface area contributed by atoms with Gasteiger partial charge in [-0.1, -0.05) is 39.7 Å². The number of nitrogens with one attached hydrogen (secondary N) is 1. The van der Waals surface area contributed by atoms with E-state index in [1.165, 1.54) is 7.11 Å². The van der Waals surface area contributed by atoms with Crippen molar-refractivity contribution in [2.24, 2.45) is 0 Å². The lowest BCUT2D eigenvalue weighted by Gasteiger charge is -2.14. The van der Waals surface area contributed by atoms with Gasteiger partial charge in [-0.2, -0.15) is 0 Å². The molecule has 1 N–H and O–H groups in total. The number of nitrogens with zero attached hydrogens (tertiary/aromatic N) is 1. The van der Waals surface area contributed by atoms with Gasteiger partial charge in [0.15, 0.2) is 11.5 Å². The number of rotatable bonds is 8. The Morgan fingerprint density at radius 1 is 1.14 bits per heavy atom. The summed E-state index contributed by atoms with van der Waals surface area (Å²) in [5, 5.41) is 2.82. The minimum atomic E-state index is -0.530. The van der Waals surface area contributed by atoms with Crippen LogP contribution < -0.4 is 14.8 Å². The van der Waals surface area contributed by atoms with Crippen molar-refractivity contribution in [2.75, 3.05) is 19.0 Å². The first-order valence-electron chi connectivity index (χ1n) is 10.8. The summed E-state index contributed by atoms with van der Waals surface area (Å²) in [6.45, 7) is -0.0551. The number of anilines is 1. The molecule has 1 aliphatic heterocycles. The first kappa shape index (κ1) is 27.5. The number of thioether (sulfide) groups is 1. The molecule has 0 unspecified atom stereocenters. The van der Waals surface area contributed by atoms with Gasteiger partial charge in [0, 0.05) is 15.2 Å². The number of carbonyl (C=O) groups is 3. The van der Waals surface area contributed by atoms with E-state index in [9.17, 15) is 14.4 Å². The van der Waals surface area contributed by atoms with Crippen LogP contribution in [-0.2, 0) is 16.2 Å². The molecule has 4 rings (SSSR count). The monoisotopic (exact) mass is 712 g/mol. The molecule has 1 heterocycles. The Kier molecular flexibility index (Phi) is 9.17. The maximum absolute atomic E-state index is 12.9. The molecule has 0 saturated carbocycles. The van der Waals surface area contributed by atoms with Crippen LogP contribution in [0.1, 0.15) is 11.1 Å². The van der Waals surface area contributed by atoms with Gasteiger partial charge in [0.1, 0.15) is 13.2 Å². The van der Waals surface area contributed by atoms with E-state index in [-0.39, 0.29) is 11.4 Å². The summed E-state index contributed by atoms with van der Waals surface area (Å²) in [6.07, 6.45) is 1.60. The Bertz CT molecular complexity index is 1380. The van der Waals surface area contributed by atoms with E-state index < -0.39 is 17.1 Å². The second kappa shape index (κ2) is 12.3. The fourth-order valence-electron chi connectivity index (χ4n) is 3.36. The van der Waals surface area contributed by atoms with Crippen molar-refractivity contribution in [2.45, 2.75) is 6.61 Å². The summed E-state index contributed by atoms with van der Waals surface area (Å²) in [5.74, 6) is 0.0513. The number of amides is 3. The molecule has 1 saturated heterocycles. The standard InChI is InChI=1S/C26H19BrClIN2O5S/c1-35-21-11-16(10-20(29)24(21)36-14-15-2-6-18(28)7-3-15)12-22-25(33)31(26(34)37-22)13-23(32)30-19-8-4-17(27)5-9-19/h2-12H,13-14H2,1H3,(H,30,32)/b22-12+. The lowest BCUT2D eigenvalue weighted by Crippen LogP contribution is -2.36. The van der Waals surface area contributed by atoms with Gasteiger partial charge in [-0.15, -0.1) is 0 Å². The lowest BCUT2D eigenvalue weighted by molar-refractivity contribution is -0.127. The number of ether oxygens (including phenoxy) is 2. The molecule has 3 aromatic rings. The molecule has 3 amide bonds. The third kappa shape index (κ3) is 7.07. The van der Waals surface area contributed by atoms with Gasteiger partial charge in [-0.3, -0.25) is 19.3 Å². The summed E-state index contributed by atoms with van der Waals surface area (Å²) >= 11 is 12.2. The number of hydrogen-bond acceptors (Lipinski definition) is 6. The van der Waals surface area contributed by atoms with Crippen LogP contribution in [0, 0.1) is 3.57 Å². The summed E-state index contributed by atoms with van der Waals surface area (Å²) in [5.41, 5.74) is 2.17. The smallest absolute Gasteiger partial charge is 0.294 e. The maximum Gasteiger partial charge on any atom is 0.294 e. The van der Waals surface area contributed by atoms with Crippen LogP contribution in [0.5, 0.6) is 11.5 Å². The quantitative estimate of drug-likeness (QED) is 0.201. The minimum Gasteiger partial charge on any atom is -0.493 e. The van der Waals surface area contributed by atoms with Gasteiger partial charge in [-0.25, -0.2) is 0 Å². The normalized spacial score (nSPS) is 14.3. The zero-order chi connectivity index (χ0) is 26.5. The molecule has 37 heavy (non-hydrogen) atoms. The Labute approximate surface area is 244 Å². The highest BCUT2D eigenvalue weighted by atomic mass is 127. The zero-order valence-electron chi connectivity index (χ0n) is 19.3. The summed E-state index contributed by atoms with van der Waals surface area (Å²) in [6, 6.07) is 17.9. The number of imide groups is 1. The van der Waals surface area contributed by atoms with Crippen molar-refractivity contribution >= 4 is 90.7 Å². The Balaban J connectivity index is 1.46. The van der Waals surface area contributed by atoms with Crippen LogP contribution in [0.4, 0.5) is 10.5 Å². The van der Waals surface area contributed by atoms with E-state index in [1.54, 1.807) is 48.5 Å². The van der Waals surface area contributed by atoms with E-state index in [2.05, 4.69) is 43.8 Å². The van der Waals surface area contributed by atoms with Gasteiger partial charge in [0.2, 0.25) is 5.91 Å². The van der Waals surface area contributed by atoms with Crippen LogP contribution in [0.25, 0.3) is 6.08 Å². The van der Waals surface area contributed by atoms with Crippen LogP contribution >= 0.6 is 61.9 Å². The highest BCUT2D eigenvalue weighted by Crippen LogP contribution is 2.37. The SMILES string of the molecule is COc1cc(/C=C2/SC(=O)N(CC(=O)Nc3ccc(Br)cc3)C2=O)cc(I)c1OCc1ccc(Cl)cc1. The summed E-state index contributed by atoms with van der Waals surface area (Å²) < 4.78 is 13.1. The van der Waals surface area contributed by atoms with Gasteiger partial charge in [-0.05, 0) is 100 Å². The largest absolute Gasteiger partial charge is 0.493 e.